The number of halogens is 1. The van der Waals surface area contributed by atoms with Crippen LogP contribution in [-0.4, -0.2) is 46.2 Å². The van der Waals surface area contributed by atoms with E-state index in [4.69, 9.17) is 0 Å². The van der Waals surface area contributed by atoms with Crippen molar-refractivity contribution in [3.8, 4) is 11.1 Å². The Morgan fingerprint density at radius 1 is 1.36 bits per heavy atom. The number of nitrogens with zero attached hydrogens (tertiary/aromatic N) is 2. The Hall–Kier alpha value is -2.09. The molecule has 0 bridgehead atoms. The lowest BCUT2D eigenvalue weighted by atomic mass is 10.0. The first-order valence-electron chi connectivity index (χ1n) is 8.11. The van der Waals surface area contributed by atoms with Crippen LogP contribution in [0.4, 0.5) is 10.6 Å². The predicted octanol–water partition coefficient (Wildman–Crippen LogP) is 1.66. The maximum Gasteiger partial charge on any atom is 0.320 e. The molecule has 0 spiro atoms. The van der Waals surface area contributed by atoms with Crippen LogP contribution in [0.15, 0.2) is 30.3 Å². The van der Waals surface area contributed by atoms with Gasteiger partial charge in [-0.25, -0.2) is 4.79 Å². The normalized spacial score (nSPS) is 19.8. The monoisotopic (exact) mass is 365 g/mol. The first-order chi connectivity index (χ1) is 11.6. The van der Waals surface area contributed by atoms with Crippen LogP contribution in [0, 0.1) is 6.92 Å². The third kappa shape index (κ3) is 4.31. The van der Waals surface area contributed by atoms with Gasteiger partial charge in [0.1, 0.15) is 5.82 Å². The van der Waals surface area contributed by atoms with Crippen molar-refractivity contribution in [2.24, 2.45) is 7.05 Å². The number of hydrogen-bond donors (Lipinski definition) is 4. The Labute approximate surface area is 153 Å². The second kappa shape index (κ2) is 8.33. The molecule has 4 N–H and O–H groups in total. The standard InChI is InChI=1S/C17H23N5O2.ClH/c1-11-15(12-6-4-3-5-7-12)16(22(2)21-11)20-17(24)19-13-10-18-9-8-14(13)23;/h3-7,13-14,18,23H,8-10H2,1-2H3,(H2,19,20,24);1H/t13-,14-;/m1./s1. The van der Waals surface area contributed by atoms with Crippen molar-refractivity contribution in [2.75, 3.05) is 18.4 Å². The van der Waals surface area contributed by atoms with Crippen LogP contribution in [0.25, 0.3) is 11.1 Å². The largest absolute Gasteiger partial charge is 0.391 e. The lowest BCUT2D eigenvalue weighted by Gasteiger charge is -2.29. The van der Waals surface area contributed by atoms with E-state index in [0.29, 0.717) is 18.8 Å². The van der Waals surface area contributed by atoms with Gasteiger partial charge in [-0.15, -0.1) is 12.4 Å². The summed E-state index contributed by atoms with van der Waals surface area (Å²) in [6.07, 6.45) is 0.101. The maximum absolute atomic E-state index is 12.4. The van der Waals surface area contributed by atoms with Gasteiger partial charge in [0.15, 0.2) is 0 Å². The molecule has 2 aromatic rings. The molecule has 2 amide bonds. The van der Waals surface area contributed by atoms with Crippen molar-refractivity contribution >= 4 is 24.3 Å². The highest BCUT2D eigenvalue weighted by Crippen LogP contribution is 2.30. The molecule has 0 saturated carbocycles. The molecule has 0 radical (unpaired) electrons. The molecule has 8 heteroatoms. The summed E-state index contributed by atoms with van der Waals surface area (Å²) in [7, 11) is 1.80. The van der Waals surface area contributed by atoms with Gasteiger partial charge in [0.2, 0.25) is 0 Å². The Balaban J connectivity index is 0.00000225. The fourth-order valence-electron chi connectivity index (χ4n) is 3.06. The topological polar surface area (TPSA) is 91.2 Å². The molecule has 1 aliphatic rings. The van der Waals surface area contributed by atoms with E-state index in [2.05, 4.69) is 21.0 Å². The second-order valence-corrected chi connectivity index (χ2v) is 6.06. The van der Waals surface area contributed by atoms with E-state index in [9.17, 15) is 9.90 Å². The maximum atomic E-state index is 12.4. The van der Waals surface area contributed by atoms with Crippen molar-refractivity contribution in [3.63, 3.8) is 0 Å². The predicted molar refractivity (Wildman–Crippen MR) is 100 cm³/mol. The van der Waals surface area contributed by atoms with Crippen LogP contribution in [-0.2, 0) is 7.05 Å². The second-order valence-electron chi connectivity index (χ2n) is 6.06. The van der Waals surface area contributed by atoms with Gasteiger partial charge in [0.05, 0.1) is 17.8 Å². The molecule has 1 saturated heterocycles. The molecule has 136 valence electrons. The molecule has 3 rings (SSSR count). The highest BCUT2D eigenvalue weighted by molar-refractivity contribution is 5.94. The number of amides is 2. The minimum Gasteiger partial charge on any atom is -0.391 e. The summed E-state index contributed by atoms with van der Waals surface area (Å²) in [5.41, 5.74) is 2.74. The minimum absolute atomic E-state index is 0. The van der Waals surface area contributed by atoms with Gasteiger partial charge >= 0.3 is 6.03 Å². The third-order valence-corrected chi connectivity index (χ3v) is 4.28. The average Bonchev–Trinajstić information content (AvgIpc) is 2.84. The number of anilines is 1. The van der Waals surface area contributed by atoms with Gasteiger partial charge < -0.3 is 15.7 Å². The molecule has 0 aliphatic carbocycles. The Kier molecular flexibility index (Phi) is 6.41. The summed E-state index contributed by atoms with van der Waals surface area (Å²) in [5.74, 6) is 0.634. The summed E-state index contributed by atoms with van der Waals surface area (Å²) in [5, 5.41) is 23.3. The summed E-state index contributed by atoms with van der Waals surface area (Å²) >= 11 is 0. The summed E-state index contributed by atoms with van der Waals surface area (Å²) < 4.78 is 1.66. The van der Waals surface area contributed by atoms with Crippen molar-refractivity contribution in [1.29, 1.82) is 0 Å². The van der Waals surface area contributed by atoms with Crippen LogP contribution < -0.4 is 16.0 Å². The van der Waals surface area contributed by atoms with Gasteiger partial charge in [-0.2, -0.15) is 5.10 Å². The molecule has 1 aromatic heterocycles. The van der Waals surface area contributed by atoms with E-state index in [1.54, 1.807) is 11.7 Å². The zero-order valence-electron chi connectivity index (χ0n) is 14.3. The third-order valence-electron chi connectivity index (χ3n) is 4.28. The quantitative estimate of drug-likeness (QED) is 0.665. The Morgan fingerprint density at radius 2 is 2.08 bits per heavy atom. The first-order valence-corrected chi connectivity index (χ1v) is 8.11. The number of aryl methyl sites for hydroxylation is 2. The van der Waals surface area contributed by atoms with Crippen molar-refractivity contribution in [1.82, 2.24) is 20.4 Å². The first kappa shape index (κ1) is 19.2. The molecule has 7 nitrogen and oxygen atoms in total. The van der Waals surface area contributed by atoms with Gasteiger partial charge in [0.25, 0.3) is 0 Å². The van der Waals surface area contributed by atoms with Gasteiger partial charge in [-0.1, -0.05) is 30.3 Å². The SMILES string of the molecule is Cc1nn(C)c(NC(=O)N[C@@H]2CNCC[C@H]2O)c1-c1ccccc1.Cl. The van der Waals surface area contributed by atoms with Crippen LogP contribution in [0.2, 0.25) is 0 Å². The van der Waals surface area contributed by atoms with Gasteiger partial charge in [-0.3, -0.25) is 10.00 Å². The molecular formula is C17H24ClN5O2. The zero-order valence-corrected chi connectivity index (χ0v) is 15.1. The molecule has 25 heavy (non-hydrogen) atoms. The summed E-state index contributed by atoms with van der Waals surface area (Å²) in [4.78, 5) is 12.4. The highest BCUT2D eigenvalue weighted by atomic mass is 35.5. The van der Waals surface area contributed by atoms with E-state index in [-0.39, 0.29) is 24.5 Å². The zero-order chi connectivity index (χ0) is 17.1. The smallest absolute Gasteiger partial charge is 0.320 e. The van der Waals surface area contributed by atoms with Crippen molar-refractivity contribution in [3.05, 3.63) is 36.0 Å². The summed E-state index contributed by atoms with van der Waals surface area (Å²) in [6.45, 7) is 3.24. The fourth-order valence-corrected chi connectivity index (χ4v) is 3.06. The number of urea groups is 1. The van der Waals surface area contributed by atoms with E-state index >= 15 is 0 Å². The van der Waals surface area contributed by atoms with Gasteiger partial charge in [-0.05, 0) is 25.5 Å². The fraction of sp³-hybridized carbons (Fsp3) is 0.412. The van der Waals surface area contributed by atoms with E-state index in [0.717, 1.165) is 23.4 Å². The number of carbonyl (C=O) groups is 1. The van der Waals surface area contributed by atoms with Crippen molar-refractivity contribution in [2.45, 2.75) is 25.5 Å². The van der Waals surface area contributed by atoms with E-state index in [1.165, 1.54) is 0 Å². The number of aliphatic hydroxyl groups excluding tert-OH is 1. The Morgan fingerprint density at radius 3 is 2.76 bits per heavy atom. The molecule has 1 aromatic carbocycles. The molecule has 1 fully saturated rings. The number of hydrogen-bond acceptors (Lipinski definition) is 4. The average molecular weight is 366 g/mol. The molecule has 0 unspecified atom stereocenters. The van der Waals surface area contributed by atoms with Crippen LogP contribution in [0.5, 0.6) is 0 Å². The van der Waals surface area contributed by atoms with Crippen LogP contribution in [0.3, 0.4) is 0 Å². The number of carbonyl (C=O) groups excluding carboxylic acids is 1. The molecular weight excluding hydrogens is 342 g/mol. The molecule has 2 heterocycles. The van der Waals surface area contributed by atoms with E-state index in [1.807, 2.05) is 37.3 Å². The number of benzene rings is 1. The van der Waals surface area contributed by atoms with Crippen LogP contribution >= 0.6 is 12.4 Å². The number of piperidine rings is 1. The lowest BCUT2D eigenvalue weighted by Crippen LogP contribution is -2.54. The van der Waals surface area contributed by atoms with Gasteiger partial charge in [0, 0.05) is 19.2 Å². The van der Waals surface area contributed by atoms with Crippen LogP contribution in [0.1, 0.15) is 12.1 Å². The molecule has 1 aliphatic heterocycles. The Bertz CT molecular complexity index is 719. The number of aromatic nitrogens is 2. The number of aliphatic hydroxyl groups is 1. The highest BCUT2D eigenvalue weighted by Gasteiger charge is 2.25. The molecule has 2 atom stereocenters. The lowest BCUT2D eigenvalue weighted by molar-refractivity contribution is 0.103. The number of rotatable bonds is 3. The minimum atomic E-state index is -0.529. The number of nitrogens with one attached hydrogen (secondary N) is 3. The van der Waals surface area contributed by atoms with E-state index < -0.39 is 6.10 Å². The van der Waals surface area contributed by atoms with Crippen molar-refractivity contribution < 1.29 is 9.90 Å². The summed E-state index contributed by atoms with van der Waals surface area (Å²) in [6, 6.07) is 9.19.